The van der Waals surface area contributed by atoms with Crippen LogP contribution >= 0.6 is 0 Å². The van der Waals surface area contributed by atoms with Crippen LogP contribution in [-0.2, 0) is 10.4 Å². The summed E-state index contributed by atoms with van der Waals surface area (Å²) in [5.74, 6) is -0.646. The van der Waals surface area contributed by atoms with Crippen LogP contribution in [0.3, 0.4) is 0 Å². The lowest BCUT2D eigenvalue weighted by Gasteiger charge is -2.27. The van der Waals surface area contributed by atoms with Crippen molar-refractivity contribution in [3.8, 4) is 0 Å². The van der Waals surface area contributed by atoms with Gasteiger partial charge in [-0.05, 0) is 23.3 Å². The van der Waals surface area contributed by atoms with Gasteiger partial charge >= 0.3 is 0 Å². The molecule has 5 heteroatoms. The third kappa shape index (κ3) is 4.27. The van der Waals surface area contributed by atoms with Crippen molar-refractivity contribution in [3.63, 3.8) is 0 Å². The Morgan fingerprint density at radius 1 is 0.710 bits per heavy atom. The molecular formula is C26H21N3O2. The predicted octanol–water partition coefficient (Wildman–Crippen LogP) is 3.89. The molecule has 0 atom stereocenters. The maximum atomic E-state index is 13.4. The Morgan fingerprint density at radius 3 is 1.68 bits per heavy atom. The van der Waals surface area contributed by atoms with Gasteiger partial charge in [-0.1, -0.05) is 91.0 Å². The van der Waals surface area contributed by atoms with E-state index in [0.29, 0.717) is 16.8 Å². The van der Waals surface area contributed by atoms with Gasteiger partial charge in [0.25, 0.3) is 5.91 Å². The summed E-state index contributed by atoms with van der Waals surface area (Å²) < 4.78 is 0. The van der Waals surface area contributed by atoms with Gasteiger partial charge in [0, 0.05) is 23.5 Å². The summed E-state index contributed by atoms with van der Waals surface area (Å²) in [5, 5.41) is 16.0. The molecule has 0 aliphatic rings. The minimum absolute atomic E-state index is 0.457. The number of carbonyl (C=O) groups excluding carboxylic acids is 1. The van der Waals surface area contributed by atoms with Crippen LogP contribution in [0.4, 0.5) is 0 Å². The summed E-state index contributed by atoms with van der Waals surface area (Å²) >= 11 is 0. The van der Waals surface area contributed by atoms with Gasteiger partial charge in [0.15, 0.2) is 5.60 Å². The number of hydrazone groups is 1. The van der Waals surface area contributed by atoms with Gasteiger partial charge in [0.1, 0.15) is 0 Å². The Hall–Kier alpha value is -4.09. The molecule has 0 aliphatic heterocycles. The van der Waals surface area contributed by atoms with Gasteiger partial charge in [-0.15, -0.1) is 0 Å². The number of rotatable bonds is 6. The highest BCUT2D eigenvalue weighted by Gasteiger charge is 2.40. The van der Waals surface area contributed by atoms with E-state index in [9.17, 15) is 9.90 Å². The van der Waals surface area contributed by atoms with E-state index in [2.05, 4.69) is 15.5 Å². The van der Waals surface area contributed by atoms with Crippen molar-refractivity contribution in [1.29, 1.82) is 0 Å². The Bertz CT molecular complexity index is 1080. The number of aromatic nitrogens is 1. The van der Waals surface area contributed by atoms with Crippen LogP contribution in [0, 0.1) is 0 Å². The summed E-state index contributed by atoms with van der Waals surface area (Å²) in [7, 11) is 0. The summed E-state index contributed by atoms with van der Waals surface area (Å²) in [4.78, 5) is 17.4. The molecule has 5 nitrogen and oxygen atoms in total. The number of benzene rings is 3. The van der Waals surface area contributed by atoms with Gasteiger partial charge in [-0.2, -0.15) is 5.10 Å². The Labute approximate surface area is 180 Å². The molecule has 0 saturated carbocycles. The second-order valence-electron chi connectivity index (χ2n) is 6.95. The van der Waals surface area contributed by atoms with E-state index in [4.69, 9.17) is 0 Å². The number of carbonyl (C=O) groups is 1. The lowest BCUT2D eigenvalue weighted by Crippen LogP contribution is -2.44. The van der Waals surface area contributed by atoms with Crippen LogP contribution in [0.5, 0.6) is 0 Å². The Morgan fingerprint density at radius 2 is 1.16 bits per heavy atom. The monoisotopic (exact) mass is 407 g/mol. The largest absolute Gasteiger partial charge is 0.372 e. The average Bonchev–Trinajstić information content (AvgIpc) is 2.86. The molecule has 1 aromatic heterocycles. The molecular weight excluding hydrogens is 386 g/mol. The highest BCUT2D eigenvalue weighted by Crippen LogP contribution is 2.30. The number of hydrogen-bond acceptors (Lipinski definition) is 4. The van der Waals surface area contributed by atoms with Gasteiger partial charge in [-0.25, -0.2) is 5.43 Å². The average molecular weight is 407 g/mol. The molecule has 0 fully saturated rings. The maximum absolute atomic E-state index is 13.4. The van der Waals surface area contributed by atoms with Gasteiger partial charge < -0.3 is 5.11 Å². The molecule has 2 N–H and O–H groups in total. The third-order valence-corrected chi connectivity index (χ3v) is 4.98. The summed E-state index contributed by atoms with van der Waals surface area (Å²) in [5.41, 5.74) is 3.81. The molecule has 0 radical (unpaired) electrons. The molecule has 152 valence electrons. The van der Waals surface area contributed by atoms with Crippen molar-refractivity contribution >= 4 is 11.6 Å². The molecule has 0 spiro atoms. The van der Waals surface area contributed by atoms with Crippen LogP contribution in [-0.4, -0.2) is 21.7 Å². The molecule has 0 saturated heterocycles. The van der Waals surface area contributed by atoms with Crippen LogP contribution in [0.25, 0.3) is 0 Å². The number of aliphatic hydroxyl groups is 1. The van der Waals surface area contributed by atoms with Gasteiger partial charge in [0.05, 0.1) is 5.71 Å². The first-order valence-electron chi connectivity index (χ1n) is 9.87. The molecule has 1 heterocycles. The van der Waals surface area contributed by atoms with Crippen molar-refractivity contribution in [1.82, 2.24) is 10.4 Å². The summed E-state index contributed by atoms with van der Waals surface area (Å²) in [6, 6.07) is 30.9. The third-order valence-electron chi connectivity index (χ3n) is 4.98. The van der Waals surface area contributed by atoms with Crippen molar-refractivity contribution in [2.45, 2.75) is 5.60 Å². The van der Waals surface area contributed by atoms with Crippen LogP contribution in [0.15, 0.2) is 121 Å². The minimum atomic E-state index is -1.90. The second kappa shape index (κ2) is 9.15. The highest BCUT2D eigenvalue weighted by atomic mass is 16.3. The lowest BCUT2D eigenvalue weighted by molar-refractivity contribution is -0.136. The number of amides is 1. The Kier molecular flexibility index (Phi) is 5.96. The maximum Gasteiger partial charge on any atom is 0.281 e. The topological polar surface area (TPSA) is 74.6 Å². The standard InChI is InChI=1S/C26H21N3O2/c30-25(26(31,22-12-6-2-7-13-22)23-14-8-3-9-15-23)29-28-24(20-10-4-1-5-11-20)21-16-18-27-19-17-21/h1-19,31H,(H,29,30). The fraction of sp³-hybridized carbons (Fsp3) is 0.0385. The molecule has 3 aromatic carbocycles. The van der Waals surface area contributed by atoms with Crippen LogP contribution < -0.4 is 5.43 Å². The first-order valence-corrected chi connectivity index (χ1v) is 9.87. The van der Waals surface area contributed by atoms with E-state index in [-0.39, 0.29) is 0 Å². The molecule has 0 bridgehead atoms. The smallest absolute Gasteiger partial charge is 0.281 e. The van der Waals surface area contributed by atoms with E-state index >= 15 is 0 Å². The predicted molar refractivity (Wildman–Crippen MR) is 120 cm³/mol. The molecule has 4 aromatic rings. The highest BCUT2D eigenvalue weighted by molar-refractivity contribution is 6.13. The van der Waals surface area contributed by atoms with Gasteiger partial charge in [-0.3, -0.25) is 9.78 Å². The van der Waals surface area contributed by atoms with Crippen molar-refractivity contribution < 1.29 is 9.90 Å². The lowest BCUT2D eigenvalue weighted by atomic mass is 9.85. The normalized spacial score (nSPS) is 11.7. The van der Waals surface area contributed by atoms with Gasteiger partial charge in [0.2, 0.25) is 0 Å². The van der Waals surface area contributed by atoms with E-state index in [0.717, 1.165) is 11.1 Å². The number of nitrogens with zero attached hydrogens (tertiary/aromatic N) is 2. The summed E-state index contributed by atoms with van der Waals surface area (Å²) in [6.45, 7) is 0. The molecule has 1 amide bonds. The fourth-order valence-corrected chi connectivity index (χ4v) is 3.38. The molecule has 0 unspecified atom stereocenters. The molecule has 0 aliphatic carbocycles. The van der Waals surface area contributed by atoms with E-state index in [1.807, 2.05) is 54.6 Å². The van der Waals surface area contributed by atoms with Crippen LogP contribution in [0.2, 0.25) is 0 Å². The van der Waals surface area contributed by atoms with E-state index in [1.54, 1.807) is 60.9 Å². The zero-order valence-corrected chi connectivity index (χ0v) is 16.7. The van der Waals surface area contributed by atoms with Crippen molar-refractivity contribution in [2.75, 3.05) is 0 Å². The van der Waals surface area contributed by atoms with Crippen molar-refractivity contribution in [2.24, 2.45) is 5.10 Å². The quantitative estimate of drug-likeness (QED) is 0.376. The zero-order valence-electron chi connectivity index (χ0n) is 16.7. The minimum Gasteiger partial charge on any atom is -0.372 e. The second-order valence-corrected chi connectivity index (χ2v) is 6.95. The number of pyridine rings is 1. The SMILES string of the molecule is O=C(NN=C(c1ccccc1)c1ccncc1)C(O)(c1ccccc1)c1ccccc1. The van der Waals surface area contributed by atoms with E-state index < -0.39 is 11.5 Å². The summed E-state index contributed by atoms with van der Waals surface area (Å²) in [6.07, 6.45) is 3.33. The first kappa shape index (κ1) is 20.2. The molecule has 4 rings (SSSR count). The number of nitrogens with one attached hydrogen (secondary N) is 1. The first-order chi connectivity index (χ1) is 15.2. The number of hydrogen-bond donors (Lipinski definition) is 2. The van der Waals surface area contributed by atoms with Crippen LogP contribution in [0.1, 0.15) is 22.3 Å². The molecule has 31 heavy (non-hydrogen) atoms. The van der Waals surface area contributed by atoms with Crippen molar-refractivity contribution in [3.05, 3.63) is 138 Å². The fourth-order valence-electron chi connectivity index (χ4n) is 3.38. The Balaban J connectivity index is 1.75. The van der Waals surface area contributed by atoms with E-state index in [1.165, 1.54) is 0 Å². The zero-order chi connectivity index (χ0) is 21.5.